The number of rotatable bonds is 6. The lowest BCUT2D eigenvalue weighted by atomic mass is 10.1. The highest BCUT2D eigenvalue weighted by Crippen LogP contribution is 2.37. The Morgan fingerprint density at radius 1 is 1.24 bits per heavy atom. The van der Waals surface area contributed by atoms with Gasteiger partial charge in [0, 0.05) is 17.9 Å². The molecule has 2 heterocycles. The predicted molar refractivity (Wildman–Crippen MR) is 105 cm³/mol. The maximum atomic E-state index is 11.5. The molecule has 0 saturated heterocycles. The molecule has 1 aliphatic rings. The van der Waals surface area contributed by atoms with Crippen LogP contribution in [-0.2, 0) is 13.0 Å². The van der Waals surface area contributed by atoms with Gasteiger partial charge in [-0.1, -0.05) is 30.3 Å². The molecule has 0 aliphatic carbocycles. The number of nitrogens with zero attached hydrogens (tertiary/aromatic N) is 3. The molecular formula is C22H20N3O4-. The number of aromatic nitrogens is 2. The van der Waals surface area contributed by atoms with Gasteiger partial charge < -0.3 is 24.3 Å². The van der Waals surface area contributed by atoms with Crippen LogP contribution >= 0.6 is 0 Å². The second-order valence-corrected chi connectivity index (χ2v) is 6.87. The normalized spacial score (nSPS) is 15.1. The number of ether oxygens (including phenoxy) is 2. The van der Waals surface area contributed by atoms with Crippen molar-refractivity contribution in [1.82, 2.24) is 9.97 Å². The van der Waals surface area contributed by atoms with Crippen LogP contribution in [0, 0.1) is 0 Å². The number of anilines is 2. The summed E-state index contributed by atoms with van der Waals surface area (Å²) in [5.41, 5.74) is 2.86. The van der Waals surface area contributed by atoms with Crippen LogP contribution < -0.4 is 19.5 Å². The Labute approximate surface area is 168 Å². The van der Waals surface area contributed by atoms with E-state index >= 15 is 0 Å². The average molecular weight is 390 g/mol. The van der Waals surface area contributed by atoms with Gasteiger partial charge >= 0.3 is 0 Å². The number of hydrogen-bond donors (Lipinski definition) is 0. The highest BCUT2D eigenvalue weighted by molar-refractivity contribution is 5.88. The first-order chi connectivity index (χ1) is 14.1. The van der Waals surface area contributed by atoms with Crippen molar-refractivity contribution < 1.29 is 19.4 Å². The Balaban J connectivity index is 1.65. The van der Waals surface area contributed by atoms with Crippen molar-refractivity contribution in [3.63, 3.8) is 0 Å². The number of fused-ring (bicyclic) bond motifs is 1. The van der Waals surface area contributed by atoms with Gasteiger partial charge in [-0.2, -0.15) is 4.98 Å². The van der Waals surface area contributed by atoms with E-state index in [0.29, 0.717) is 11.7 Å². The molecule has 3 aromatic rings. The van der Waals surface area contributed by atoms with Crippen LogP contribution in [0.2, 0.25) is 0 Å². The van der Waals surface area contributed by atoms with Crippen LogP contribution in [0.1, 0.15) is 28.4 Å². The Kier molecular flexibility index (Phi) is 5.03. The largest absolute Gasteiger partial charge is 0.545 e. The standard InChI is InChI=1S/C22H21N3O4/c1-14-10-16-7-3-4-9-19(16)25(14)22-23-12-18(21(26)27)20(24-22)29-13-15-6-5-8-17(11-15)28-2/h3-9,11-12,14H,10,13H2,1-2H3,(H,26,27)/p-1. The molecular weight excluding hydrogens is 370 g/mol. The Morgan fingerprint density at radius 2 is 2.07 bits per heavy atom. The zero-order valence-corrected chi connectivity index (χ0v) is 16.2. The van der Waals surface area contributed by atoms with Crippen molar-refractivity contribution in [2.45, 2.75) is 26.0 Å². The first-order valence-corrected chi connectivity index (χ1v) is 9.28. The monoisotopic (exact) mass is 390 g/mol. The Hall–Kier alpha value is -3.61. The molecule has 7 heteroatoms. The number of carbonyl (C=O) groups is 1. The predicted octanol–water partition coefficient (Wildman–Crippen LogP) is 2.51. The fourth-order valence-corrected chi connectivity index (χ4v) is 3.51. The van der Waals surface area contributed by atoms with E-state index in [2.05, 4.69) is 23.0 Å². The van der Waals surface area contributed by atoms with Gasteiger partial charge in [-0.3, -0.25) is 0 Å². The molecule has 0 saturated carbocycles. The highest BCUT2D eigenvalue weighted by atomic mass is 16.5. The van der Waals surface area contributed by atoms with Crippen molar-refractivity contribution in [1.29, 1.82) is 0 Å². The zero-order chi connectivity index (χ0) is 20.4. The van der Waals surface area contributed by atoms with Gasteiger partial charge in [0.2, 0.25) is 11.8 Å². The van der Waals surface area contributed by atoms with E-state index in [4.69, 9.17) is 9.47 Å². The molecule has 1 aromatic heterocycles. The number of carboxylic acid groups (broad SMARTS) is 1. The minimum Gasteiger partial charge on any atom is -0.545 e. The lowest BCUT2D eigenvalue weighted by molar-refractivity contribution is -0.255. The average Bonchev–Trinajstić information content (AvgIpc) is 3.07. The van der Waals surface area contributed by atoms with Crippen LogP contribution in [0.5, 0.6) is 11.6 Å². The summed E-state index contributed by atoms with van der Waals surface area (Å²) in [7, 11) is 1.58. The van der Waals surface area contributed by atoms with Gasteiger partial charge in [-0.05, 0) is 42.7 Å². The number of hydrogen-bond acceptors (Lipinski definition) is 7. The number of aromatic carboxylic acids is 1. The zero-order valence-electron chi connectivity index (χ0n) is 16.2. The molecule has 1 unspecified atom stereocenters. The molecule has 7 nitrogen and oxygen atoms in total. The van der Waals surface area contributed by atoms with Crippen molar-refractivity contribution in [2.24, 2.45) is 0 Å². The van der Waals surface area contributed by atoms with Crippen molar-refractivity contribution >= 4 is 17.6 Å². The van der Waals surface area contributed by atoms with Crippen LogP contribution in [0.4, 0.5) is 11.6 Å². The molecule has 29 heavy (non-hydrogen) atoms. The fourth-order valence-electron chi connectivity index (χ4n) is 3.51. The number of benzene rings is 2. The number of methoxy groups -OCH3 is 1. The fraction of sp³-hybridized carbons (Fsp3) is 0.227. The third kappa shape index (κ3) is 3.71. The molecule has 0 amide bonds. The third-order valence-electron chi connectivity index (χ3n) is 4.89. The van der Waals surface area contributed by atoms with Crippen LogP contribution in [0.3, 0.4) is 0 Å². The molecule has 4 rings (SSSR count). The van der Waals surface area contributed by atoms with E-state index < -0.39 is 5.97 Å². The van der Waals surface area contributed by atoms with Gasteiger partial charge in [0.25, 0.3) is 0 Å². The van der Waals surface area contributed by atoms with E-state index in [1.807, 2.05) is 47.4 Å². The van der Waals surface area contributed by atoms with Gasteiger partial charge in [0.15, 0.2) is 0 Å². The third-order valence-corrected chi connectivity index (χ3v) is 4.89. The van der Waals surface area contributed by atoms with E-state index in [9.17, 15) is 9.90 Å². The van der Waals surface area contributed by atoms with Crippen molar-refractivity contribution in [3.05, 3.63) is 71.4 Å². The summed E-state index contributed by atoms with van der Waals surface area (Å²) in [4.78, 5) is 22.2. The Bertz CT molecular complexity index is 1050. The molecule has 1 aliphatic heterocycles. The minimum absolute atomic E-state index is 0.0191. The molecule has 2 aromatic carbocycles. The lowest BCUT2D eigenvalue weighted by Gasteiger charge is -2.23. The second-order valence-electron chi connectivity index (χ2n) is 6.87. The van der Waals surface area contributed by atoms with Crippen LogP contribution in [-0.4, -0.2) is 29.1 Å². The summed E-state index contributed by atoms with van der Waals surface area (Å²) in [6, 6.07) is 15.5. The van der Waals surface area contributed by atoms with Crippen molar-refractivity contribution in [3.8, 4) is 11.6 Å². The quantitative estimate of drug-likeness (QED) is 0.639. The van der Waals surface area contributed by atoms with Crippen molar-refractivity contribution in [2.75, 3.05) is 12.0 Å². The van der Waals surface area contributed by atoms with E-state index in [-0.39, 0.29) is 24.1 Å². The summed E-state index contributed by atoms with van der Waals surface area (Å²) in [5, 5.41) is 11.5. The maximum Gasteiger partial charge on any atom is 0.233 e. The lowest BCUT2D eigenvalue weighted by Crippen LogP contribution is -2.28. The summed E-state index contributed by atoms with van der Waals surface area (Å²) in [6.45, 7) is 2.22. The molecule has 1 atom stereocenters. The molecule has 148 valence electrons. The van der Waals surface area contributed by atoms with Gasteiger partial charge in [0.1, 0.15) is 12.4 Å². The number of carbonyl (C=O) groups excluding carboxylic acids is 1. The number of carboxylic acids is 1. The molecule has 0 N–H and O–H groups in total. The summed E-state index contributed by atoms with van der Waals surface area (Å²) >= 11 is 0. The number of para-hydroxylation sites is 1. The minimum atomic E-state index is -1.38. The molecule has 0 fully saturated rings. The van der Waals surface area contributed by atoms with E-state index in [0.717, 1.165) is 17.7 Å². The maximum absolute atomic E-state index is 11.5. The molecule has 0 spiro atoms. The summed E-state index contributed by atoms with van der Waals surface area (Å²) < 4.78 is 11.0. The summed E-state index contributed by atoms with van der Waals surface area (Å²) in [6.07, 6.45) is 2.11. The van der Waals surface area contributed by atoms with Gasteiger partial charge in [0.05, 0.1) is 18.6 Å². The first-order valence-electron chi connectivity index (χ1n) is 9.28. The topological polar surface area (TPSA) is 87.6 Å². The van der Waals surface area contributed by atoms with E-state index in [1.54, 1.807) is 7.11 Å². The molecule has 0 radical (unpaired) electrons. The first kappa shape index (κ1) is 18.7. The smallest absolute Gasteiger partial charge is 0.233 e. The van der Waals surface area contributed by atoms with Gasteiger partial charge in [-0.15, -0.1) is 0 Å². The van der Waals surface area contributed by atoms with Gasteiger partial charge in [-0.25, -0.2) is 4.98 Å². The Morgan fingerprint density at radius 3 is 2.86 bits per heavy atom. The van der Waals surface area contributed by atoms with Crippen LogP contribution in [0.15, 0.2) is 54.7 Å². The SMILES string of the molecule is COc1cccc(COc2nc(N3c4ccccc4CC3C)ncc2C(=O)[O-])c1. The van der Waals surface area contributed by atoms with Crippen LogP contribution in [0.25, 0.3) is 0 Å². The summed E-state index contributed by atoms with van der Waals surface area (Å²) in [5.74, 6) is -0.313. The molecule has 0 bridgehead atoms. The van der Waals surface area contributed by atoms with E-state index in [1.165, 1.54) is 11.8 Å². The highest BCUT2D eigenvalue weighted by Gasteiger charge is 2.29. The second kappa shape index (κ2) is 7.79.